The molecule has 0 heterocycles. The van der Waals surface area contributed by atoms with Crippen molar-refractivity contribution in [2.45, 2.75) is 26.3 Å². The molecule has 1 unspecified atom stereocenters. The molecule has 1 N–H and O–H groups in total. The maximum Gasteiger partial charge on any atom is 0.0551 e. The van der Waals surface area contributed by atoms with Gasteiger partial charge < -0.3 is 5.32 Å². The Labute approximate surface area is 105 Å². The van der Waals surface area contributed by atoms with Crippen LogP contribution in [0, 0.1) is 5.92 Å². The Bertz CT molecular complexity index is 325. The van der Waals surface area contributed by atoms with Crippen molar-refractivity contribution >= 4 is 27.5 Å². The lowest BCUT2D eigenvalue weighted by Gasteiger charge is -2.19. The zero-order chi connectivity index (χ0) is 11.4. The highest BCUT2D eigenvalue weighted by molar-refractivity contribution is 9.10. The monoisotopic (exact) mass is 289 g/mol. The van der Waals surface area contributed by atoms with Crippen molar-refractivity contribution in [1.29, 1.82) is 0 Å². The number of rotatable bonds is 4. The third kappa shape index (κ3) is 3.78. The maximum atomic E-state index is 6.08. The first-order valence-corrected chi connectivity index (χ1v) is 6.34. The predicted molar refractivity (Wildman–Crippen MR) is 70.4 cm³/mol. The van der Waals surface area contributed by atoms with E-state index in [4.69, 9.17) is 11.6 Å². The second kappa shape index (κ2) is 5.88. The number of halogens is 2. The van der Waals surface area contributed by atoms with Crippen molar-refractivity contribution in [3.63, 3.8) is 0 Å². The summed E-state index contributed by atoms with van der Waals surface area (Å²) in [6.45, 7) is 4.45. The van der Waals surface area contributed by atoms with Crippen molar-refractivity contribution in [2.24, 2.45) is 5.92 Å². The van der Waals surface area contributed by atoms with Gasteiger partial charge in [-0.3, -0.25) is 0 Å². The Hall–Kier alpha value is -0.0500. The van der Waals surface area contributed by atoms with E-state index in [9.17, 15) is 0 Å². The summed E-state index contributed by atoms with van der Waals surface area (Å²) in [4.78, 5) is 0. The molecule has 0 aliphatic heterocycles. The van der Waals surface area contributed by atoms with Gasteiger partial charge in [0.15, 0.2) is 0 Å². The molecule has 15 heavy (non-hydrogen) atoms. The first-order valence-electron chi connectivity index (χ1n) is 5.16. The molecule has 0 aliphatic carbocycles. The van der Waals surface area contributed by atoms with E-state index in [-0.39, 0.29) is 0 Å². The average molecular weight is 291 g/mol. The van der Waals surface area contributed by atoms with E-state index in [1.54, 1.807) is 0 Å². The smallest absolute Gasteiger partial charge is 0.0551 e. The highest BCUT2D eigenvalue weighted by atomic mass is 79.9. The van der Waals surface area contributed by atoms with Crippen molar-refractivity contribution < 1.29 is 0 Å². The summed E-state index contributed by atoms with van der Waals surface area (Å²) in [6, 6.07) is 6.52. The first kappa shape index (κ1) is 13.0. The molecule has 0 radical (unpaired) electrons. The van der Waals surface area contributed by atoms with Crippen molar-refractivity contribution in [3.8, 4) is 0 Å². The Morgan fingerprint density at radius 3 is 2.53 bits per heavy atom. The topological polar surface area (TPSA) is 12.0 Å². The lowest BCUT2D eigenvalue weighted by atomic mass is 9.97. The molecule has 0 amide bonds. The summed E-state index contributed by atoms with van der Waals surface area (Å²) >= 11 is 9.48. The van der Waals surface area contributed by atoms with Crippen LogP contribution in [0.2, 0.25) is 5.02 Å². The molecule has 0 saturated heterocycles. The van der Waals surface area contributed by atoms with Gasteiger partial charge in [0.25, 0.3) is 0 Å². The number of nitrogens with one attached hydrogen (secondary N) is 1. The molecular weight excluding hydrogens is 273 g/mol. The van der Waals surface area contributed by atoms with E-state index >= 15 is 0 Å². The second-order valence-electron chi connectivity index (χ2n) is 4.14. The van der Waals surface area contributed by atoms with Crippen LogP contribution in [0.15, 0.2) is 22.7 Å². The second-order valence-corrected chi connectivity index (χ2v) is 5.41. The Kier molecular flexibility index (Phi) is 5.10. The molecule has 0 saturated carbocycles. The third-order valence-electron chi connectivity index (χ3n) is 2.40. The zero-order valence-electron chi connectivity index (χ0n) is 9.35. The van der Waals surface area contributed by atoms with E-state index in [0.717, 1.165) is 15.9 Å². The Morgan fingerprint density at radius 2 is 2.07 bits per heavy atom. The van der Waals surface area contributed by atoms with Gasteiger partial charge in [0.05, 0.1) is 5.02 Å². The molecule has 1 atom stereocenters. The first-order chi connectivity index (χ1) is 7.04. The standard InChI is InChI=1S/C12H17BrClN/c1-8(2)6-12(15-3)9-4-5-10(13)11(14)7-9/h4-5,7-8,12,15H,6H2,1-3H3. The van der Waals surface area contributed by atoms with Gasteiger partial charge in [0.2, 0.25) is 0 Å². The van der Waals surface area contributed by atoms with Crippen LogP contribution in [-0.2, 0) is 0 Å². The van der Waals surface area contributed by atoms with Gasteiger partial charge in [-0.2, -0.15) is 0 Å². The van der Waals surface area contributed by atoms with Crippen LogP contribution in [0.5, 0.6) is 0 Å². The van der Waals surface area contributed by atoms with Crippen LogP contribution in [0.3, 0.4) is 0 Å². The number of hydrogen-bond acceptors (Lipinski definition) is 1. The van der Waals surface area contributed by atoms with Crippen molar-refractivity contribution in [2.75, 3.05) is 7.05 Å². The summed E-state index contributed by atoms with van der Waals surface area (Å²) in [5.41, 5.74) is 1.25. The highest BCUT2D eigenvalue weighted by Gasteiger charge is 2.12. The fraction of sp³-hybridized carbons (Fsp3) is 0.500. The van der Waals surface area contributed by atoms with Crippen LogP contribution in [-0.4, -0.2) is 7.05 Å². The van der Waals surface area contributed by atoms with Crippen LogP contribution < -0.4 is 5.32 Å². The van der Waals surface area contributed by atoms with Crippen LogP contribution >= 0.6 is 27.5 Å². The van der Waals surface area contributed by atoms with Gasteiger partial charge in [0.1, 0.15) is 0 Å². The summed E-state index contributed by atoms with van der Waals surface area (Å²) in [5.74, 6) is 0.671. The molecule has 1 nitrogen and oxygen atoms in total. The molecule has 84 valence electrons. The van der Waals surface area contributed by atoms with Crippen molar-refractivity contribution in [3.05, 3.63) is 33.3 Å². The van der Waals surface area contributed by atoms with Gasteiger partial charge in [-0.05, 0) is 53.0 Å². The van der Waals surface area contributed by atoms with Gasteiger partial charge in [-0.15, -0.1) is 0 Å². The van der Waals surface area contributed by atoms with E-state index in [1.807, 2.05) is 19.2 Å². The number of hydrogen-bond donors (Lipinski definition) is 1. The zero-order valence-corrected chi connectivity index (χ0v) is 11.7. The minimum atomic E-state index is 0.385. The lowest BCUT2D eigenvalue weighted by Crippen LogP contribution is -2.18. The van der Waals surface area contributed by atoms with Crippen molar-refractivity contribution in [1.82, 2.24) is 5.32 Å². The summed E-state index contributed by atoms with van der Waals surface area (Å²) in [5, 5.41) is 4.10. The van der Waals surface area contributed by atoms with Gasteiger partial charge in [-0.25, -0.2) is 0 Å². The van der Waals surface area contributed by atoms with Gasteiger partial charge >= 0.3 is 0 Å². The average Bonchev–Trinajstić information content (AvgIpc) is 2.18. The molecule has 3 heteroatoms. The molecule has 0 fully saturated rings. The molecule has 0 spiro atoms. The molecule has 0 bridgehead atoms. The summed E-state index contributed by atoms with van der Waals surface area (Å²) < 4.78 is 0.951. The van der Waals surface area contributed by atoms with E-state index in [1.165, 1.54) is 5.56 Å². The van der Waals surface area contributed by atoms with E-state index in [0.29, 0.717) is 12.0 Å². The summed E-state index contributed by atoms with van der Waals surface area (Å²) in [7, 11) is 1.99. The van der Waals surface area contributed by atoms with Crippen LogP contribution in [0.1, 0.15) is 31.9 Å². The fourth-order valence-electron chi connectivity index (χ4n) is 1.62. The third-order valence-corrected chi connectivity index (χ3v) is 3.63. The molecular formula is C12H17BrClN. The van der Waals surface area contributed by atoms with Crippen LogP contribution in [0.4, 0.5) is 0 Å². The van der Waals surface area contributed by atoms with E-state index < -0.39 is 0 Å². The van der Waals surface area contributed by atoms with Crippen LogP contribution in [0.25, 0.3) is 0 Å². The van der Waals surface area contributed by atoms with Gasteiger partial charge in [-0.1, -0.05) is 31.5 Å². The van der Waals surface area contributed by atoms with Gasteiger partial charge in [0, 0.05) is 10.5 Å². The molecule has 1 aromatic rings. The highest BCUT2D eigenvalue weighted by Crippen LogP contribution is 2.28. The molecule has 1 rings (SSSR count). The predicted octanol–water partition coefficient (Wildman–Crippen LogP) is 4.41. The molecule has 0 aliphatic rings. The normalized spacial score (nSPS) is 13.2. The quantitative estimate of drug-likeness (QED) is 0.866. The fourth-order valence-corrected chi connectivity index (χ4v) is 2.06. The number of benzene rings is 1. The maximum absolute atomic E-state index is 6.08. The minimum Gasteiger partial charge on any atom is -0.313 e. The SMILES string of the molecule is CNC(CC(C)C)c1ccc(Br)c(Cl)c1. The Balaban J connectivity index is 2.87. The van der Waals surface area contributed by atoms with E-state index in [2.05, 4.69) is 41.2 Å². The molecule has 0 aromatic heterocycles. The Morgan fingerprint density at radius 1 is 1.40 bits per heavy atom. The summed E-state index contributed by atoms with van der Waals surface area (Å²) in [6.07, 6.45) is 1.12. The molecule has 1 aromatic carbocycles. The minimum absolute atomic E-state index is 0.385. The largest absolute Gasteiger partial charge is 0.313 e. The lowest BCUT2D eigenvalue weighted by molar-refractivity contribution is 0.457.